The summed E-state index contributed by atoms with van der Waals surface area (Å²) in [7, 11) is 0. The van der Waals surface area contributed by atoms with E-state index in [1.54, 1.807) is 0 Å². The number of nitrogens with zero attached hydrogens (tertiary/aromatic N) is 1. The van der Waals surface area contributed by atoms with Crippen LogP contribution in [0.3, 0.4) is 0 Å². The van der Waals surface area contributed by atoms with E-state index in [4.69, 9.17) is 0 Å². The van der Waals surface area contributed by atoms with Gasteiger partial charge in [-0.2, -0.15) is 0 Å². The van der Waals surface area contributed by atoms with Gasteiger partial charge in [-0.3, -0.25) is 0 Å². The highest BCUT2D eigenvalue weighted by Crippen LogP contribution is 2.31. The topological polar surface area (TPSA) is 3.24 Å². The first-order chi connectivity index (χ1) is 12.8. The standard InChI is InChI=1S/C25H37N/c1-4-7-14-22(6-3)19-21-26(20-8-5-2)25-18-13-12-17-24(25)23-15-10-9-11-16-23/h9-13,15-18,22H,4-8,14,19-21H2,1-3H3. The van der Waals surface area contributed by atoms with Gasteiger partial charge >= 0.3 is 0 Å². The molecule has 0 saturated carbocycles. The zero-order valence-corrected chi connectivity index (χ0v) is 17.1. The van der Waals surface area contributed by atoms with Crippen LogP contribution in [-0.2, 0) is 0 Å². The number of unbranched alkanes of at least 4 members (excludes halogenated alkanes) is 2. The minimum absolute atomic E-state index is 0.864. The SMILES string of the molecule is CCCCC(CC)CCN(CCCC)c1ccccc1-c1ccccc1. The van der Waals surface area contributed by atoms with Crippen LogP contribution in [0.25, 0.3) is 11.1 Å². The number of hydrogen-bond acceptors (Lipinski definition) is 1. The van der Waals surface area contributed by atoms with Crippen LogP contribution in [0.5, 0.6) is 0 Å². The van der Waals surface area contributed by atoms with E-state index >= 15 is 0 Å². The molecule has 0 N–H and O–H groups in total. The van der Waals surface area contributed by atoms with Crippen LogP contribution in [0.4, 0.5) is 5.69 Å². The van der Waals surface area contributed by atoms with Gasteiger partial charge in [-0.25, -0.2) is 0 Å². The van der Waals surface area contributed by atoms with Crippen molar-refractivity contribution in [3.63, 3.8) is 0 Å². The van der Waals surface area contributed by atoms with Gasteiger partial charge in [0.2, 0.25) is 0 Å². The molecule has 0 aliphatic carbocycles. The molecule has 26 heavy (non-hydrogen) atoms. The third kappa shape index (κ3) is 6.20. The van der Waals surface area contributed by atoms with Crippen molar-refractivity contribution in [3.8, 4) is 11.1 Å². The van der Waals surface area contributed by atoms with Crippen molar-refractivity contribution in [2.24, 2.45) is 5.92 Å². The van der Waals surface area contributed by atoms with Gasteiger partial charge in [0.05, 0.1) is 0 Å². The molecule has 0 saturated heterocycles. The first-order valence-electron chi connectivity index (χ1n) is 10.7. The van der Waals surface area contributed by atoms with Crippen LogP contribution in [0.1, 0.15) is 65.7 Å². The average Bonchev–Trinajstić information content (AvgIpc) is 2.71. The highest BCUT2D eigenvalue weighted by molar-refractivity contribution is 5.78. The summed E-state index contributed by atoms with van der Waals surface area (Å²) in [6, 6.07) is 19.8. The lowest BCUT2D eigenvalue weighted by Crippen LogP contribution is -2.27. The summed E-state index contributed by atoms with van der Waals surface area (Å²) >= 11 is 0. The van der Waals surface area contributed by atoms with E-state index in [1.165, 1.54) is 68.3 Å². The van der Waals surface area contributed by atoms with E-state index in [2.05, 4.69) is 80.3 Å². The maximum Gasteiger partial charge on any atom is 0.0445 e. The fourth-order valence-electron chi connectivity index (χ4n) is 3.70. The van der Waals surface area contributed by atoms with E-state index < -0.39 is 0 Å². The summed E-state index contributed by atoms with van der Waals surface area (Å²) in [6.07, 6.45) is 9.19. The Balaban J connectivity index is 2.18. The number of para-hydroxylation sites is 1. The quantitative estimate of drug-likeness (QED) is 0.381. The molecule has 0 heterocycles. The van der Waals surface area contributed by atoms with Gasteiger partial charge in [0.1, 0.15) is 0 Å². The third-order valence-corrected chi connectivity index (χ3v) is 5.46. The van der Waals surface area contributed by atoms with Gasteiger partial charge in [0.15, 0.2) is 0 Å². The Labute approximate surface area is 161 Å². The molecule has 1 unspecified atom stereocenters. The van der Waals surface area contributed by atoms with E-state index in [0.717, 1.165) is 12.5 Å². The Morgan fingerprint density at radius 3 is 2.12 bits per heavy atom. The van der Waals surface area contributed by atoms with Crippen molar-refractivity contribution in [2.45, 2.75) is 65.7 Å². The van der Waals surface area contributed by atoms with Crippen molar-refractivity contribution in [1.82, 2.24) is 0 Å². The summed E-state index contributed by atoms with van der Waals surface area (Å²) in [4.78, 5) is 2.64. The van der Waals surface area contributed by atoms with E-state index in [0.29, 0.717) is 0 Å². The third-order valence-electron chi connectivity index (χ3n) is 5.46. The summed E-state index contributed by atoms with van der Waals surface area (Å²) < 4.78 is 0. The molecule has 2 aromatic rings. The summed E-state index contributed by atoms with van der Waals surface area (Å²) in [6.45, 7) is 9.28. The zero-order valence-electron chi connectivity index (χ0n) is 17.1. The second-order valence-corrected chi connectivity index (χ2v) is 7.43. The molecule has 2 aromatic carbocycles. The number of anilines is 1. The van der Waals surface area contributed by atoms with Crippen molar-refractivity contribution in [1.29, 1.82) is 0 Å². The van der Waals surface area contributed by atoms with Crippen LogP contribution in [-0.4, -0.2) is 13.1 Å². The molecule has 142 valence electrons. The summed E-state index contributed by atoms with van der Waals surface area (Å²) in [5.41, 5.74) is 4.09. The smallest absolute Gasteiger partial charge is 0.0445 e. The second kappa shape index (κ2) is 11.8. The minimum atomic E-state index is 0.864. The van der Waals surface area contributed by atoms with Crippen molar-refractivity contribution >= 4 is 5.69 Å². The van der Waals surface area contributed by atoms with E-state index in [-0.39, 0.29) is 0 Å². The Hall–Kier alpha value is -1.76. The lowest BCUT2D eigenvalue weighted by atomic mass is 9.95. The molecular weight excluding hydrogens is 314 g/mol. The van der Waals surface area contributed by atoms with E-state index in [9.17, 15) is 0 Å². The van der Waals surface area contributed by atoms with Crippen LogP contribution >= 0.6 is 0 Å². The molecule has 2 rings (SSSR count). The first kappa shape index (κ1) is 20.6. The average molecular weight is 352 g/mol. The maximum atomic E-state index is 2.64. The number of benzene rings is 2. The molecule has 0 amide bonds. The molecule has 0 radical (unpaired) electrons. The molecule has 0 aromatic heterocycles. The lowest BCUT2D eigenvalue weighted by molar-refractivity contribution is 0.420. The highest BCUT2D eigenvalue weighted by atomic mass is 15.1. The fraction of sp³-hybridized carbons (Fsp3) is 0.520. The Bertz CT molecular complexity index is 605. The van der Waals surface area contributed by atoms with Gasteiger partial charge in [0, 0.05) is 24.3 Å². The molecule has 0 spiro atoms. The van der Waals surface area contributed by atoms with Crippen LogP contribution in [0.15, 0.2) is 54.6 Å². The van der Waals surface area contributed by atoms with Gasteiger partial charge in [-0.05, 0) is 30.4 Å². The van der Waals surface area contributed by atoms with Gasteiger partial charge in [-0.1, -0.05) is 101 Å². The first-order valence-corrected chi connectivity index (χ1v) is 10.7. The normalized spacial score (nSPS) is 12.1. The summed E-state index contributed by atoms with van der Waals surface area (Å²) in [5, 5.41) is 0. The molecule has 1 nitrogen and oxygen atoms in total. The van der Waals surface area contributed by atoms with Gasteiger partial charge < -0.3 is 4.90 Å². The Morgan fingerprint density at radius 2 is 1.42 bits per heavy atom. The molecule has 0 aliphatic heterocycles. The largest absolute Gasteiger partial charge is 0.371 e. The molecule has 1 heteroatoms. The lowest BCUT2D eigenvalue weighted by Gasteiger charge is -2.29. The molecule has 0 aliphatic rings. The van der Waals surface area contributed by atoms with Crippen molar-refractivity contribution in [3.05, 3.63) is 54.6 Å². The van der Waals surface area contributed by atoms with E-state index in [1.807, 2.05) is 0 Å². The van der Waals surface area contributed by atoms with Gasteiger partial charge in [0.25, 0.3) is 0 Å². The monoisotopic (exact) mass is 351 g/mol. The zero-order chi connectivity index (χ0) is 18.6. The van der Waals surface area contributed by atoms with Crippen LogP contribution < -0.4 is 4.90 Å². The Kier molecular flexibility index (Phi) is 9.31. The van der Waals surface area contributed by atoms with Crippen LogP contribution in [0, 0.1) is 5.92 Å². The molecule has 0 fully saturated rings. The van der Waals surface area contributed by atoms with Gasteiger partial charge in [-0.15, -0.1) is 0 Å². The maximum absolute atomic E-state index is 2.64. The number of hydrogen-bond donors (Lipinski definition) is 0. The fourth-order valence-corrected chi connectivity index (χ4v) is 3.70. The number of rotatable bonds is 12. The van der Waals surface area contributed by atoms with Crippen LogP contribution in [0.2, 0.25) is 0 Å². The minimum Gasteiger partial charge on any atom is -0.371 e. The van der Waals surface area contributed by atoms with Crippen molar-refractivity contribution in [2.75, 3.05) is 18.0 Å². The molecular formula is C25H37N. The molecule has 1 atom stereocenters. The predicted molar refractivity (Wildman–Crippen MR) is 117 cm³/mol. The van der Waals surface area contributed by atoms with Crippen molar-refractivity contribution < 1.29 is 0 Å². The second-order valence-electron chi connectivity index (χ2n) is 7.43. The predicted octanol–water partition coefficient (Wildman–Crippen LogP) is 7.57. The highest BCUT2D eigenvalue weighted by Gasteiger charge is 2.14. The molecule has 0 bridgehead atoms. The Morgan fingerprint density at radius 1 is 0.731 bits per heavy atom. The summed E-state index contributed by atoms with van der Waals surface area (Å²) in [5.74, 6) is 0.864.